The highest BCUT2D eigenvalue weighted by Gasteiger charge is 2.33. The van der Waals surface area contributed by atoms with Crippen LogP contribution in [0.25, 0.3) is 0 Å². The van der Waals surface area contributed by atoms with E-state index in [-0.39, 0.29) is 24.4 Å². The number of unbranched alkanes of at least 4 members (excludes halogenated alkanes) is 18. The number of ether oxygens (including phenoxy) is 1. The van der Waals surface area contributed by atoms with Gasteiger partial charge in [-0.05, 0) is 38.2 Å². The van der Waals surface area contributed by atoms with Gasteiger partial charge in [0.25, 0.3) is 0 Å². The van der Waals surface area contributed by atoms with Crippen molar-refractivity contribution in [3.05, 3.63) is 24.3 Å². The molecule has 5 heteroatoms. The van der Waals surface area contributed by atoms with Crippen molar-refractivity contribution in [2.45, 2.75) is 192 Å². The first-order valence-corrected chi connectivity index (χ1v) is 17.0. The average molecular weight is 547 g/mol. The topological polar surface area (TPSA) is 75.5 Å². The van der Waals surface area contributed by atoms with Crippen LogP contribution in [0.5, 0.6) is 0 Å². The lowest BCUT2D eigenvalue weighted by molar-refractivity contribution is -0.0786. The molecule has 2 rings (SSSR count). The van der Waals surface area contributed by atoms with E-state index in [1.54, 1.807) is 0 Å². The van der Waals surface area contributed by atoms with Gasteiger partial charge in [-0.3, -0.25) is 0 Å². The number of rotatable bonds is 26. The summed E-state index contributed by atoms with van der Waals surface area (Å²) in [7, 11) is 0. The normalized spacial score (nSPS) is 18.9. The number of aliphatic hydroxyl groups is 2. The van der Waals surface area contributed by atoms with Crippen LogP contribution in [0.1, 0.15) is 167 Å². The Kier molecular flexibility index (Phi) is 20.7. The number of aryl methyl sites for hydroxylation is 1. The van der Waals surface area contributed by atoms with Crippen molar-refractivity contribution in [3.63, 3.8) is 0 Å². The summed E-state index contributed by atoms with van der Waals surface area (Å²) in [4.78, 5) is 8.57. The fraction of sp³-hybridized carbons (Fsp3) is 0.882. The number of aromatic nitrogens is 2. The molecule has 1 aliphatic heterocycles. The molecule has 0 unspecified atom stereocenters. The quantitative estimate of drug-likeness (QED) is 0.113. The van der Waals surface area contributed by atoms with E-state index in [9.17, 15) is 10.2 Å². The maximum atomic E-state index is 10.6. The van der Waals surface area contributed by atoms with E-state index in [1.165, 1.54) is 116 Å². The zero-order valence-corrected chi connectivity index (χ0v) is 25.4. The number of hydrogen-bond acceptors (Lipinski definition) is 5. The molecular formula is C34H62N2O3. The number of nitrogens with zero attached hydrogens (tertiary/aromatic N) is 2. The maximum absolute atomic E-state index is 10.6. The first kappa shape index (κ1) is 34.2. The summed E-state index contributed by atoms with van der Waals surface area (Å²) in [5, 5.41) is 21.2. The van der Waals surface area contributed by atoms with Gasteiger partial charge in [0.1, 0.15) is 5.82 Å². The molecule has 2 N–H and O–H groups in total. The van der Waals surface area contributed by atoms with Gasteiger partial charge in [-0.15, -0.1) is 0 Å². The van der Waals surface area contributed by atoms with Crippen molar-refractivity contribution in [2.24, 2.45) is 0 Å². The van der Waals surface area contributed by atoms with E-state index in [0.717, 1.165) is 50.8 Å². The number of hydrogen-bond donors (Lipinski definition) is 2. The molecule has 0 aromatic carbocycles. The van der Waals surface area contributed by atoms with Crippen molar-refractivity contribution < 1.29 is 14.9 Å². The summed E-state index contributed by atoms with van der Waals surface area (Å²) in [6.07, 6.45) is 33.0. The van der Waals surface area contributed by atoms with Crippen molar-refractivity contribution >= 4 is 0 Å². The second-order valence-electron chi connectivity index (χ2n) is 12.1. The molecule has 0 aliphatic carbocycles. The molecule has 0 bridgehead atoms. The van der Waals surface area contributed by atoms with Gasteiger partial charge in [-0.25, -0.2) is 9.97 Å². The maximum Gasteiger partial charge on any atom is 0.128 e. The van der Waals surface area contributed by atoms with E-state index < -0.39 is 0 Å². The van der Waals surface area contributed by atoms with E-state index >= 15 is 0 Å². The largest absolute Gasteiger partial charge is 0.390 e. The Morgan fingerprint density at radius 3 is 1.44 bits per heavy atom. The average Bonchev–Trinajstić information content (AvgIpc) is 3.46. The molecule has 0 amide bonds. The third-order valence-electron chi connectivity index (χ3n) is 8.57. The SMILES string of the molecule is CCCCCCCCCCCC[C@@H](O)[C@H]1CC[C@H]([C@H](O)CCCCCCCCCCCCc2ncccn2)O1. The molecule has 1 aromatic rings. The van der Waals surface area contributed by atoms with Crippen LogP contribution in [-0.2, 0) is 11.2 Å². The highest BCUT2D eigenvalue weighted by molar-refractivity contribution is 4.88. The minimum atomic E-state index is -0.374. The Hall–Kier alpha value is -1.04. The van der Waals surface area contributed by atoms with Crippen LogP contribution in [0.3, 0.4) is 0 Å². The molecule has 226 valence electrons. The van der Waals surface area contributed by atoms with Crippen LogP contribution in [0, 0.1) is 0 Å². The standard InChI is InChI=1S/C34H62N2O3/c1-2-3-4-5-6-7-10-13-16-19-23-30(37)32-26-27-33(39-32)31(38)24-20-17-14-11-8-9-12-15-18-21-25-34-35-28-22-29-36-34/h22,28-33,37-38H,2-21,23-27H2,1H3/t30-,31-,32-,33-/m1/s1. The highest BCUT2D eigenvalue weighted by atomic mass is 16.5. The van der Waals surface area contributed by atoms with Gasteiger partial charge in [0.15, 0.2) is 0 Å². The lowest BCUT2D eigenvalue weighted by Gasteiger charge is -2.22. The minimum Gasteiger partial charge on any atom is -0.390 e. The summed E-state index contributed by atoms with van der Waals surface area (Å²) < 4.78 is 6.10. The molecular weight excluding hydrogens is 484 g/mol. The second kappa shape index (κ2) is 23.6. The van der Waals surface area contributed by atoms with Crippen LogP contribution in [0.4, 0.5) is 0 Å². The van der Waals surface area contributed by atoms with Gasteiger partial charge in [-0.1, -0.05) is 129 Å². The van der Waals surface area contributed by atoms with Crippen molar-refractivity contribution in [2.75, 3.05) is 0 Å². The van der Waals surface area contributed by atoms with Gasteiger partial charge >= 0.3 is 0 Å². The molecule has 0 spiro atoms. The molecule has 1 fully saturated rings. The van der Waals surface area contributed by atoms with Crippen molar-refractivity contribution in [1.82, 2.24) is 9.97 Å². The molecule has 4 atom stereocenters. The van der Waals surface area contributed by atoms with Gasteiger partial charge in [0.2, 0.25) is 0 Å². The fourth-order valence-corrected chi connectivity index (χ4v) is 5.98. The Morgan fingerprint density at radius 1 is 0.615 bits per heavy atom. The predicted octanol–water partition coefficient (Wildman–Crippen LogP) is 8.89. The third-order valence-corrected chi connectivity index (χ3v) is 8.57. The van der Waals surface area contributed by atoms with E-state index in [1.807, 2.05) is 18.5 Å². The lowest BCUT2D eigenvalue weighted by Crippen LogP contribution is -2.31. The predicted molar refractivity (Wildman–Crippen MR) is 163 cm³/mol. The van der Waals surface area contributed by atoms with Crippen LogP contribution >= 0.6 is 0 Å². The van der Waals surface area contributed by atoms with Gasteiger partial charge in [0.05, 0.1) is 24.4 Å². The van der Waals surface area contributed by atoms with Crippen LogP contribution in [0.15, 0.2) is 18.5 Å². The molecule has 5 nitrogen and oxygen atoms in total. The fourth-order valence-electron chi connectivity index (χ4n) is 5.98. The molecule has 1 aromatic heterocycles. The summed E-state index contributed by atoms with van der Waals surface area (Å²) in [6.45, 7) is 2.27. The zero-order valence-electron chi connectivity index (χ0n) is 25.4. The second-order valence-corrected chi connectivity index (χ2v) is 12.1. The monoisotopic (exact) mass is 546 g/mol. The smallest absolute Gasteiger partial charge is 0.128 e. The summed E-state index contributed by atoms with van der Waals surface area (Å²) in [5.74, 6) is 0.971. The Morgan fingerprint density at radius 2 is 1.00 bits per heavy atom. The Labute approximate surface area is 241 Å². The van der Waals surface area contributed by atoms with E-state index in [0.29, 0.717) is 0 Å². The lowest BCUT2D eigenvalue weighted by atomic mass is 10.00. The molecule has 39 heavy (non-hydrogen) atoms. The van der Waals surface area contributed by atoms with E-state index in [4.69, 9.17) is 4.74 Å². The molecule has 0 saturated carbocycles. The molecule has 0 radical (unpaired) electrons. The molecule has 2 heterocycles. The Balaban J connectivity index is 1.34. The number of aliphatic hydroxyl groups excluding tert-OH is 2. The van der Waals surface area contributed by atoms with E-state index in [2.05, 4.69) is 16.9 Å². The van der Waals surface area contributed by atoms with Crippen LogP contribution in [0.2, 0.25) is 0 Å². The first-order valence-electron chi connectivity index (χ1n) is 17.0. The highest BCUT2D eigenvalue weighted by Crippen LogP contribution is 2.28. The summed E-state index contributed by atoms with van der Waals surface area (Å²) in [5.41, 5.74) is 0. The van der Waals surface area contributed by atoms with Crippen molar-refractivity contribution in [1.29, 1.82) is 0 Å². The zero-order chi connectivity index (χ0) is 27.8. The van der Waals surface area contributed by atoms with Crippen LogP contribution in [-0.4, -0.2) is 44.6 Å². The molecule has 1 saturated heterocycles. The van der Waals surface area contributed by atoms with Gasteiger partial charge in [-0.2, -0.15) is 0 Å². The summed E-state index contributed by atoms with van der Waals surface area (Å²) in [6, 6.07) is 1.87. The summed E-state index contributed by atoms with van der Waals surface area (Å²) >= 11 is 0. The minimum absolute atomic E-state index is 0.0742. The Bertz CT molecular complexity index is 659. The van der Waals surface area contributed by atoms with Crippen molar-refractivity contribution in [3.8, 4) is 0 Å². The van der Waals surface area contributed by atoms with Crippen LogP contribution < -0.4 is 0 Å². The third kappa shape index (κ3) is 17.4. The van der Waals surface area contributed by atoms with Gasteiger partial charge in [0, 0.05) is 18.8 Å². The molecule has 1 aliphatic rings. The van der Waals surface area contributed by atoms with Gasteiger partial charge < -0.3 is 14.9 Å². The first-order chi connectivity index (χ1) is 19.2.